The first kappa shape index (κ1) is 18.6. The minimum atomic E-state index is -3.59. The lowest BCUT2D eigenvalue weighted by Crippen LogP contribution is -2.30. The molecule has 0 amide bonds. The van der Waals surface area contributed by atoms with E-state index in [0.717, 1.165) is 18.4 Å². The molecule has 27 heavy (non-hydrogen) atoms. The maximum absolute atomic E-state index is 13.6. The smallest absolute Gasteiger partial charge is 0.207 e. The number of hydrogen-bond acceptors (Lipinski definition) is 2. The maximum atomic E-state index is 13.6. The highest BCUT2D eigenvalue weighted by molar-refractivity contribution is 7.89. The zero-order valence-electron chi connectivity index (χ0n) is 15.5. The molecule has 0 bridgehead atoms. The molecular weight excluding hydrogens is 361 g/mol. The molecule has 2 fully saturated rings. The predicted octanol–water partition coefficient (Wildman–Crippen LogP) is 5.40. The van der Waals surface area contributed by atoms with Crippen LogP contribution < -0.4 is 0 Å². The largest absolute Gasteiger partial charge is 0.243 e. The van der Waals surface area contributed by atoms with Crippen LogP contribution in [0, 0.1) is 5.82 Å². The Kier molecular flexibility index (Phi) is 5.33. The molecule has 0 aromatic heterocycles. The van der Waals surface area contributed by atoms with E-state index in [9.17, 15) is 12.8 Å². The fraction of sp³-hybridized carbons (Fsp3) is 0.455. The van der Waals surface area contributed by atoms with Crippen LogP contribution in [0.2, 0.25) is 0 Å². The molecule has 1 saturated carbocycles. The molecule has 5 heteroatoms. The normalized spacial score (nSPS) is 22.2. The molecule has 3 nitrogen and oxygen atoms in total. The van der Waals surface area contributed by atoms with Crippen LogP contribution in [0.3, 0.4) is 0 Å². The van der Waals surface area contributed by atoms with E-state index >= 15 is 0 Å². The van der Waals surface area contributed by atoms with Crippen LogP contribution in [0.4, 0.5) is 4.39 Å². The van der Waals surface area contributed by atoms with Crippen LogP contribution in [0.1, 0.15) is 68.0 Å². The highest BCUT2D eigenvalue weighted by Gasteiger charge is 2.36. The van der Waals surface area contributed by atoms with E-state index in [1.54, 1.807) is 18.2 Å². The van der Waals surface area contributed by atoms with Crippen LogP contribution in [-0.4, -0.2) is 19.3 Å². The number of halogens is 1. The summed E-state index contributed by atoms with van der Waals surface area (Å²) in [5.74, 6) is 0.232. The van der Waals surface area contributed by atoms with Crippen molar-refractivity contribution in [2.45, 2.75) is 61.8 Å². The second kappa shape index (κ2) is 7.72. The van der Waals surface area contributed by atoms with Crippen molar-refractivity contribution in [3.05, 3.63) is 65.5 Å². The molecule has 1 heterocycles. The number of rotatable bonds is 4. The van der Waals surface area contributed by atoms with Gasteiger partial charge in [-0.1, -0.05) is 43.5 Å². The van der Waals surface area contributed by atoms with Gasteiger partial charge >= 0.3 is 0 Å². The summed E-state index contributed by atoms with van der Waals surface area (Å²) >= 11 is 0. The molecule has 144 valence electrons. The number of benzene rings is 2. The standard InChI is InChI=1S/C22H26FNO2S/c23-20-9-4-8-19(16-20)22-10-5-15-24(22)27(25,26)21-13-11-18(12-14-21)17-6-2-1-3-7-17/h4,8-9,11-14,16-17,22H,1-3,5-7,10,15H2/t22-/m0/s1. The first-order valence-corrected chi connectivity index (χ1v) is 11.4. The van der Waals surface area contributed by atoms with Crippen LogP contribution >= 0.6 is 0 Å². The van der Waals surface area contributed by atoms with Gasteiger partial charge in [-0.2, -0.15) is 4.31 Å². The zero-order chi connectivity index (χ0) is 18.9. The highest BCUT2D eigenvalue weighted by Crippen LogP contribution is 2.38. The van der Waals surface area contributed by atoms with E-state index in [1.165, 1.54) is 54.1 Å². The third-order valence-corrected chi connectivity index (χ3v) is 7.92. The maximum Gasteiger partial charge on any atom is 0.243 e. The first-order valence-electron chi connectivity index (χ1n) is 9.93. The average Bonchev–Trinajstić information content (AvgIpc) is 3.20. The zero-order valence-corrected chi connectivity index (χ0v) is 16.3. The summed E-state index contributed by atoms with van der Waals surface area (Å²) in [7, 11) is -3.59. The van der Waals surface area contributed by atoms with Gasteiger partial charge in [0.25, 0.3) is 0 Å². The lowest BCUT2D eigenvalue weighted by molar-refractivity contribution is 0.395. The quantitative estimate of drug-likeness (QED) is 0.704. The predicted molar refractivity (Wildman–Crippen MR) is 105 cm³/mol. The van der Waals surface area contributed by atoms with E-state index in [2.05, 4.69) is 0 Å². The minimum Gasteiger partial charge on any atom is -0.207 e. The van der Waals surface area contributed by atoms with Gasteiger partial charge in [0, 0.05) is 6.54 Å². The summed E-state index contributed by atoms with van der Waals surface area (Å²) in [5, 5.41) is 0. The summed E-state index contributed by atoms with van der Waals surface area (Å²) in [6.45, 7) is 0.480. The van der Waals surface area contributed by atoms with Crippen LogP contribution in [0.25, 0.3) is 0 Å². The number of nitrogens with zero attached hydrogens (tertiary/aromatic N) is 1. The molecule has 1 aliphatic carbocycles. The molecule has 1 aliphatic heterocycles. The Bertz CT molecular complexity index is 889. The molecule has 0 spiro atoms. The minimum absolute atomic E-state index is 0.288. The van der Waals surface area contributed by atoms with E-state index in [1.807, 2.05) is 18.2 Å². The van der Waals surface area contributed by atoms with Gasteiger partial charge in [-0.3, -0.25) is 0 Å². The van der Waals surface area contributed by atoms with Gasteiger partial charge in [-0.25, -0.2) is 12.8 Å². The van der Waals surface area contributed by atoms with E-state index < -0.39 is 10.0 Å². The summed E-state index contributed by atoms with van der Waals surface area (Å²) in [5.41, 5.74) is 1.98. The van der Waals surface area contributed by atoms with Gasteiger partial charge < -0.3 is 0 Å². The summed E-state index contributed by atoms with van der Waals surface area (Å²) < 4.78 is 41.6. The van der Waals surface area contributed by atoms with Crippen LogP contribution in [0.5, 0.6) is 0 Å². The monoisotopic (exact) mass is 387 g/mol. The molecule has 2 aromatic carbocycles. The van der Waals surface area contributed by atoms with Crippen molar-refractivity contribution in [1.82, 2.24) is 4.31 Å². The molecule has 1 atom stereocenters. The van der Waals surface area contributed by atoms with Crippen molar-refractivity contribution < 1.29 is 12.8 Å². The summed E-state index contributed by atoms with van der Waals surface area (Å²) in [4.78, 5) is 0.338. The molecule has 0 radical (unpaired) electrons. The van der Waals surface area contributed by atoms with Gasteiger partial charge in [0.05, 0.1) is 10.9 Å². The van der Waals surface area contributed by atoms with Crippen molar-refractivity contribution in [2.75, 3.05) is 6.54 Å². The Labute approximate surface area is 161 Å². The average molecular weight is 388 g/mol. The fourth-order valence-electron chi connectivity index (χ4n) is 4.56. The van der Waals surface area contributed by atoms with Crippen LogP contribution in [0.15, 0.2) is 53.4 Å². The fourth-order valence-corrected chi connectivity index (χ4v) is 6.24. The van der Waals surface area contributed by atoms with Crippen molar-refractivity contribution in [3.8, 4) is 0 Å². The Balaban J connectivity index is 1.58. The Morgan fingerprint density at radius 2 is 1.59 bits per heavy atom. The van der Waals surface area contributed by atoms with Crippen molar-refractivity contribution >= 4 is 10.0 Å². The second-order valence-corrected chi connectivity index (χ2v) is 9.62. The highest BCUT2D eigenvalue weighted by atomic mass is 32.2. The lowest BCUT2D eigenvalue weighted by Gasteiger charge is -2.25. The van der Waals surface area contributed by atoms with Crippen molar-refractivity contribution in [1.29, 1.82) is 0 Å². The lowest BCUT2D eigenvalue weighted by atomic mass is 9.84. The molecule has 2 aliphatic rings. The van der Waals surface area contributed by atoms with Gasteiger partial charge in [0.1, 0.15) is 5.82 Å². The molecule has 1 saturated heterocycles. The van der Waals surface area contributed by atoms with Gasteiger partial charge in [0.2, 0.25) is 10.0 Å². The summed E-state index contributed by atoms with van der Waals surface area (Å²) in [6.07, 6.45) is 7.73. The second-order valence-electron chi connectivity index (χ2n) is 7.73. The molecular formula is C22H26FNO2S. The Morgan fingerprint density at radius 3 is 2.30 bits per heavy atom. The third-order valence-electron chi connectivity index (χ3n) is 6.00. The third kappa shape index (κ3) is 3.81. The number of hydrogen-bond donors (Lipinski definition) is 0. The van der Waals surface area contributed by atoms with E-state index in [-0.39, 0.29) is 11.9 Å². The SMILES string of the molecule is O=S(=O)(c1ccc(C2CCCCC2)cc1)N1CCC[C@H]1c1cccc(F)c1. The van der Waals surface area contributed by atoms with E-state index in [4.69, 9.17) is 0 Å². The van der Waals surface area contributed by atoms with E-state index in [0.29, 0.717) is 17.4 Å². The molecule has 2 aromatic rings. The Hall–Kier alpha value is -1.72. The van der Waals surface area contributed by atoms with Crippen molar-refractivity contribution in [2.24, 2.45) is 0 Å². The Morgan fingerprint density at radius 1 is 0.852 bits per heavy atom. The van der Waals surface area contributed by atoms with Gasteiger partial charge in [-0.05, 0) is 67.0 Å². The van der Waals surface area contributed by atoms with Crippen LogP contribution in [-0.2, 0) is 10.0 Å². The topological polar surface area (TPSA) is 37.4 Å². The molecule has 0 unspecified atom stereocenters. The molecule has 0 N–H and O–H groups in total. The number of sulfonamides is 1. The van der Waals surface area contributed by atoms with Gasteiger partial charge in [0.15, 0.2) is 0 Å². The van der Waals surface area contributed by atoms with Crippen molar-refractivity contribution in [3.63, 3.8) is 0 Å². The first-order chi connectivity index (χ1) is 13.1. The van der Waals surface area contributed by atoms with Gasteiger partial charge in [-0.15, -0.1) is 0 Å². The molecule has 4 rings (SSSR count). The summed E-state index contributed by atoms with van der Waals surface area (Å²) in [6, 6.07) is 13.5.